The third-order valence-corrected chi connectivity index (χ3v) is 6.31. The molecule has 4 aromatic rings. The summed E-state index contributed by atoms with van der Waals surface area (Å²) >= 11 is 0. The smallest absolute Gasteiger partial charge is 0.264 e. The Kier molecular flexibility index (Phi) is 4.98. The highest BCUT2D eigenvalue weighted by atomic mass is 32.2. The van der Waals surface area contributed by atoms with Crippen molar-refractivity contribution in [2.24, 2.45) is 0 Å². The lowest BCUT2D eigenvalue weighted by Gasteiger charge is -2.24. The second-order valence-electron chi connectivity index (χ2n) is 6.66. The minimum atomic E-state index is -3.81. The molecule has 148 valence electrons. The van der Waals surface area contributed by atoms with Crippen LogP contribution in [0.5, 0.6) is 0 Å². The molecular weight excluding hydrogens is 388 g/mol. The first-order chi connectivity index (χ1) is 13.9. The molecule has 0 spiro atoms. The number of hydrogen-bond acceptors (Lipinski definition) is 5. The van der Waals surface area contributed by atoms with Crippen LogP contribution in [0, 0.1) is 13.8 Å². The fourth-order valence-corrected chi connectivity index (χ4v) is 4.56. The van der Waals surface area contributed by atoms with Gasteiger partial charge in [-0.1, -0.05) is 30.3 Å². The van der Waals surface area contributed by atoms with Crippen molar-refractivity contribution >= 4 is 15.7 Å². The van der Waals surface area contributed by atoms with Crippen molar-refractivity contribution in [3.63, 3.8) is 0 Å². The van der Waals surface area contributed by atoms with E-state index in [-0.39, 0.29) is 11.4 Å². The van der Waals surface area contributed by atoms with Crippen LogP contribution in [0.1, 0.15) is 17.0 Å². The zero-order valence-electron chi connectivity index (χ0n) is 16.1. The van der Waals surface area contributed by atoms with Crippen molar-refractivity contribution in [3.8, 4) is 11.7 Å². The van der Waals surface area contributed by atoms with Crippen LogP contribution >= 0.6 is 0 Å². The largest absolute Gasteiger partial charge is 0.459 e. The Bertz CT molecular complexity index is 1210. The molecule has 0 bridgehead atoms. The molecule has 0 fully saturated rings. The molecule has 29 heavy (non-hydrogen) atoms. The van der Waals surface area contributed by atoms with E-state index in [1.807, 2.05) is 19.1 Å². The average molecular weight is 408 g/mol. The molecule has 0 unspecified atom stereocenters. The number of rotatable bonds is 6. The molecule has 0 aliphatic carbocycles. The lowest BCUT2D eigenvalue weighted by Crippen LogP contribution is -2.31. The number of benzene rings is 2. The van der Waals surface area contributed by atoms with Gasteiger partial charge in [-0.2, -0.15) is 0 Å². The first-order valence-corrected chi connectivity index (χ1v) is 10.5. The molecule has 2 aromatic carbocycles. The number of nitrogens with zero attached hydrogens (tertiary/aromatic N) is 2. The molecule has 0 aliphatic heterocycles. The summed E-state index contributed by atoms with van der Waals surface area (Å²) in [6, 6.07) is 19.3. The van der Waals surface area contributed by atoms with Crippen molar-refractivity contribution in [2.75, 3.05) is 4.31 Å². The lowest BCUT2D eigenvalue weighted by molar-refractivity contribution is 0.499. The lowest BCUT2D eigenvalue weighted by atomic mass is 10.2. The molecule has 0 atom stereocenters. The highest BCUT2D eigenvalue weighted by Crippen LogP contribution is 2.29. The predicted molar refractivity (Wildman–Crippen MR) is 110 cm³/mol. The maximum atomic E-state index is 13.5. The predicted octanol–water partition coefficient (Wildman–Crippen LogP) is 4.95. The van der Waals surface area contributed by atoms with Gasteiger partial charge >= 0.3 is 0 Å². The molecule has 2 heterocycles. The van der Waals surface area contributed by atoms with Crippen LogP contribution < -0.4 is 4.31 Å². The van der Waals surface area contributed by atoms with Crippen LogP contribution in [0.3, 0.4) is 0 Å². The molecule has 0 radical (unpaired) electrons. The summed E-state index contributed by atoms with van der Waals surface area (Å²) in [4.78, 5) is 4.71. The van der Waals surface area contributed by atoms with E-state index in [0.29, 0.717) is 28.8 Å². The zero-order valence-corrected chi connectivity index (χ0v) is 16.9. The van der Waals surface area contributed by atoms with E-state index in [1.165, 1.54) is 10.6 Å². The van der Waals surface area contributed by atoms with Crippen LogP contribution in [0.4, 0.5) is 5.69 Å². The number of oxazole rings is 1. The van der Waals surface area contributed by atoms with E-state index in [4.69, 9.17) is 8.83 Å². The highest BCUT2D eigenvalue weighted by Gasteiger charge is 2.27. The summed E-state index contributed by atoms with van der Waals surface area (Å²) in [5, 5.41) is 0. The Morgan fingerprint density at radius 1 is 0.966 bits per heavy atom. The van der Waals surface area contributed by atoms with Gasteiger partial charge in [-0.25, -0.2) is 13.4 Å². The van der Waals surface area contributed by atoms with E-state index in [2.05, 4.69) is 4.98 Å². The standard InChI is InChI=1S/C22H20N2O4S/c1-16-8-6-11-19(14-16)29(25,26)24(18-9-4-3-5-10-18)15-20-17(2)28-22(23-20)21-12-7-13-27-21/h3-14H,15H2,1-2H3. The Labute approximate surface area is 169 Å². The summed E-state index contributed by atoms with van der Waals surface area (Å²) in [5.74, 6) is 1.35. The maximum absolute atomic E-state index is 13.5. The molecule has 0 saturated heterocycles. The maximum Gasteiger partial charge on any atom is 0.264 e. The van der Waals surface area contributed by atoms with Gasteiger partial charge in [-0.3, -0.25) is 4.31 Å². The SMILES string of the molecule is Cc1cccc(S(=O)(=O)N(Cc2nc(-c3ccco3)oc2C)c2ccccc2)c1. The number of para-hydroxylation sites is 1. The van der Waals surface area contributed by atoms with Crippen LogP contribution in [-0.4, -0.2) is 13.4 Å². The van der Waals surface area contributed by atoms with E-state index in [0.717, 1.165) is 5.56 Å². The molecule has 6 nitrogen and oxygen atoms in total. The summed E-state index contributed by atoms with van der Waals surface area (Å²) < 4.78 is 39.4. The number of sulfonamides is 1. The molecule has 0 saturated carbocycles. The number of hydrogen-bond donors (Lipinski definition) is 0. The molecule has 0 N–H and O–H groups in total. The Balaban J connectivity index is 1.77. The van der Waals surface area contributed by atoms with Gasteiger partial charge in [0.1, 0.15) is 11.5 Å². The van der Waals surface area contributed by atoms with Crippen molar-refractivity contribution in [1.82, 2.24) is 4.98 Å². The third-order valence-electron chi connectivity index (χ3n) is 4.54. The van der Waals surface area contributed by atoms with E-state index >= 15 is 0 Å². The fraction of sp³-hybridized carbons (Fsp3) is 0.136. The van der Waals surface area contributed by atoms with Gasteiger partial charge in [0.2, 0.25) is 0 Å². The second kappa shape index (κ2) is 7.60. The van der Waals surface area contributed by atoms with Crippen LogP contribution in [0.2, 0.25) is 0 Å². The highest BCUT2D eigenvalue weighted by molar-refractivity contribution is 7.92. The molecular formula is C22H20N2O4S. The number of anilines is 1. The summed E-state index contributed by atoms with van der Waals surface area (Å²) in [7, 11) is -3.81. The third kappa shape index (κ3) is 3.82. The second-order valence-corrected chi connectivity index (χ2v) is 8.53. The van der Waals surface area contributed by atoms with E-state index < -0.39 is 10.0 Å². The fourth-order valence-electron chi connectivity index (χ4n) is 3.03. The van der Waals surface area contributed by atoms with Crippen molar-refractivity contribution in [1.29, 1.82) is 0 Å². The van der Waals surface area contributed by atoms with Crippen molar-refractivity contribution in [2.45, 2.75) is 25.3 Å². The monoisotopic (exact) mass is 408 g/mol. The van der Waals surface area contributed by atoms with Crippen molar-refractivity contribution < 1.29 is 17.3 Å². The number of aromatic nitrogens is 1. The van der Waals surface area contributed by atoms with Crippen LogP contribution in [-0.2, 0) is 16.6 Å². The quantitative estimate of drug-likeness (QED) is 0.451. The van der Waals surface area contributed by atoms with Gasteiger partial charge in [0.15, 0.2) is 5.76 Å². The summed E-state index contributed by atoms with van der Waals surface area (Å²) in [6.45, 7) is 3.66. The van der Waals surface area contributed by atoms with Gasteiger partial charge in [-0.15, -0.1) is 0 Å². The number of aryl methyl sites for hydroxylation is 2. The van der Waals surface area contributed by atoms with Gasteiger partial charge < -0.3 is 8.83 Å². The minimum Gasteiger partial charge on any atom is -0.459 e. The minimum absolute atomic E-state index is 0.0380. The molecule has 0 aliphatic rings. The number of furan rings is 1. The average Bonchev–Trinajstić information content (AvgIpc) is 3.36. The molecule has 4 rings (SSSR count). The van der Waals surface area contributed by atoms with Crippen LogP contribution in [0.15, 0.2) is 86.7 Å². The zero-order chi connectivity index (χ0) is 20.4. The normalized spacial score (nSPS) is 11.5. The van der Waals surface area contributed by atoms with E-state index in [9.17, 15) is 8.42 Å². The topological polar surface area (TPSA) is 76.6 Å². The van der Waals surface area contributed by atoms with Gasteiger partial charge in [0.25, 0.3) is 15.9 Å². The van der Waals surface area contributed by atoms with E-state index in [1.54, 1.807) is 61.5 Å². The Morgan fingerprint density at radius 2 is 1.76 bits per heavy atom. The first kappa shape index (κ1) is 19.0. The van der Waals surface area contributed by atoms with Gasteiger partial charge in [0.05, 0.1) is 23.4 Å². The Morgan fingerprint density at radius 3 is 2.45 bits per heavy atom. The molecule has 2 aromatic heterocycles. The Hall–Kier alpha value is -3.32. The van der Waals surface area contributed by atoms with Gasteiger partial charge in [0, 0.05) is 0 Å². The van der Waals surface area contributed by atoms with Crippen LogP contribution in [0.25, 0.3) is 11.7 Å². The summed E-state index contributed by atoms with van der Waals surface area (Å²) in [6.07, 6.45) is 1.53. The van der Waals surface area contributed by atoms with Crippen molar-refractivity contribution in [3.05, 3.63) is 90.0 Å². The molecule has 0 amide bonds. The molecule has 7 heteroatoms. The van der Waals surface area contributed by atoms with Gasteiger partial charge in [-0.05, 0) is 55.8 Å². The summed E-state index contributed by atoms with van der Waals surface area (Å²) in [5.41, 5.74) is 1.95. The first-order valence-electron chi connectivity index (χ1n) is 9.10.